The molecule has 3 nitrogen and oxygen atoms in total. The Kier molecular flexibility index (Phi) is 2.27. The van der Waals surface area contributed by atoms with E-state index >= 15 is 0 Å². The largest absolute Gasteiger partial charge is 0.255 e. The Hall–Kier alpha value is -0.570. The van der Waals surface area contributed by atoms with Crippen LogP contribution in [-0.2, 0) is 6.54 Å². The topological polar surface area (TPSA) is 41.6 Å². The average molecular weight is 247 g/mol. The Balaban J connectivity index is 2.96. The first kappa shape index (κ1) is 7.54. The average Bonchev–Trinajstić information content (AvgIpc) is 2.20. The van der Waals surface area contributed by atoms with E-state index in [1.54, 1.807) is 10.9 Å². The van der Waals surface area contributed by atoms with Gasteiger partial charge in [-0.25, -0.2) is 0 Å². The zero-order valence-electron chi connectivity index (χ0n) is 5.50. The van der Waals surface area contributed by atoms with Gasteiger partial charge in [0, 0.05) is 5.69 Å². The van der Waals surface area contributed by atoms with Gasteiger partial charge in [-0.15, -0.1) is 0 Å². The van der Waals surface area contributed by atoms with Gasteiger partial charge in [0.15, 0.2) is 0 Å². The molecule has 0 radical (unpaired) electrons. The van der Waals surface area contributed by atoms with Gasteiger partial charge in [-0.05, 0) is 29.5 Å². The first-order valence-electron chi connectivity index (χ1n) is 2.80. The zero-order chi connectivity index (χ0) is 7.56. The molecule has 1 aromatic heterocycles. The lowest BCUT2D eigenvalue weighted by atomic mass is 10.5. The Bertz CT molecular complexity index is 271. The minimum Gasteiger partial charge on any atom is -0.255 e. The van der Waals surface area contributed by atoms with Gasteiger partial charge in [-0.1, -0.05) is 0 Å². The molecular formula is C6H6IN3. The van der Waals surface area contributed by atoms with E-state index in [1.807, 2.05) is 13.0 Å². The number of halogens is 1. The quantitative estimate of drug-likeness (QED) is 0.702. The van der Waals surface area contributed by atoms with E-state index in [4.69, 9.17) is 5.26 Å². The lowest BCUT2D eigenvalue weighted by molar-refractivity contribution is 0.686. The van der Waals surface area contributed by atoms with Gasteiger partial charge < -0.3 is 0 Å². The van der Waals surface area contributed by atoms with Crippen LogP contribution in [0.15, 0.2) is 6.20 Å². The lowest BCUT2D eigenvalue weighted by Crippen LogP contribution is -1.99. The lowest BCUT2D eigenvalue weighted by Gasteiger charge is -1.94. The van der Waals surface area contributed by atoms with Crippen molar-refractivity contribution >= 4 is 22.6 Å². The molecule has 0 saturated carbocycles. The Morgan fingerprint density at radius 2 is 2.60 bits per heavy atom. The van der Waals surface area contributed by atoms with Crippen LogP contribution in [-0.4, -0.2) is 9.78 Å². The molecule has 0 fully saturated rings. The molecule has 0 bridgehead atoms. The van der Waals surface area contributed by atoms with Crippen molar-refractivity contribution in [2.24, 2.45) is 0 Å². The molecule has 0 aliphatic heterocycles. The van der Waals surface area contributed by atoms with Crippen LogP contribution in [0.2, 0.25) is 0 Å². The summed E-state index contributed by atoms with van der Waals surface area (Å²) < 4.78 is 2.79. The standard InChI is InChI=1S/C6H6IN3/c1-5-6(7)4-9-10(5)3-2-8/h4H,3H2,1H3. The molecule has 0 aromatic carbocycles. The molecule has 0 aliphatic carbocycles. The summed E-state index contributed by atoms with van der Waals surface area (Å²) in [7, 11) is 0. The normalized spacial score (nSPS) is 9.30. The second-order valence-electron chi connectivity index (χ2n) is 1.89. The smallest absolute Gasteiger partial charge is 0.128 e. The minimum absolute atomic E-state index is 0.342. The minimum atomic E-state index is 0.342. The molecule has 4 heteroatoms. The summed E-state index contributed by atoms with van der Waals surface area (Å²) in [6.45, 7) is 2.29. The van der Waals surface area contributed by atoms with Crippen molar-refractivity contribution in [3.05, 3.63) is 15.5 Å². The third-order valence-electron chi connectivity index (χ3n) is 1.26. The molecule has 0 atom stereocenters. The molecule has 10 heavy (non-hydrogen) atoms. The third-order valence-corrected chi connectivity index (χ3v) is 2.32. The van der Waals surface area contributed by atoms with Crippen LogP contribution in [0.1, 0.15) is 5.69 Å². The fraction of sp³-hybridized carbons (Fsp3) is 0.333. The fourth-order valence-corrected chi connectivity index (χ4v) is 1.05. The van der Waals surface area contributed by atoms with Crippen molar-refractivity contribution in [3.8, 4) is 6.07 Å². The molecule has 1 aromatic rings. The molecule has 1 heterocycles. The number of rotatable bonds is 1. The van der Waals surface area contributed by atoms with Crippen molar-refractivity contribution in [3.63, 3.8) is 0 Å². The SMILES string of the molecule is Cc1c(I)cnn1CC#N. The summed E-state index contributed by atoms with van der Waals surface area (Å²) in [6, 6.07) is 2.04. The maximum absolute atomic E-state index is 8.34. The maximum atomic E-state index is 8.34. The Morgan fingerprint density at radius 1 is 1.90 bits per heavy atom. The zero-order valence-corrected chi connectivity index (χ0v) is 7.66. The van der Waals surface area contributed by atoms with Crippen molar-refractivity contribution in [1.29, 1.82) is 5.26 Å². The van der Waals surface area contributed by atoms with Crippen molar-refractivity contribution in [2.45, 2.75) is 13.5 Å². The number of hydrogen-bond acceptors (Lipinski definition) is 2. The second-order valence-corrected chi connectivity index (χ2v) is 3.06. The molecule has 0 amide bonds. The van der Waals surface area contributed by atoms with Gasteiger partial charge in [0.2, 0.25) is 0 Å². The van der Waals surface area contributed by atoms with E-state index in [9.17, 15) is 0 Å². The summed E-state index contributed by atoms with van der Waals surface area (Å²) in [5.41, 5.74) is 1.06. The van der Waals surface area contributed by atoms with Crippen LogP contribution >= 0.6 is 22.6 Å². The Morgan fingerprint density at radius 3 is 3.00 bits per heavy atom. The van der Waals surface area contributed by atoms with E-state index in [2.05, 4.69) is 27.7 Å². The molecule has 0 aliphatic rings. The van der Waals surface area contributed by atoms with Crippen LogP contribution < -0.4 is 0 Å². The van der Waals surface area contributed by atoms with Gasteiger partial charge >= 0.3 is 0 Å². The van der Waals surface area contributed by atoms with Gasteiger partial charge in [-0.2, -0.15) is 10.4 Å². The van der Waals surface area contributed by atoms with Crippen LogP contribution in [0.5, 0.6) is 0 Å². The first-order chi connectivity index (χ1) is 4.75. The molecule has 0 saturated heterocycles. The highest BCUT2D eigenvalue weighted by molar-refractivity contribution is 14.1. The number of nitriles is 1. The fourth-order valence-electron chi connectivity index (χ4n) is 0.650. The predicted octanol–water partition coefficient (Wildman–Crippen LogP) is 1.32. The number of hydrogen-bond donors (Lipinski definition) is 0. The van der Waals surface area contributed by atoms with Crippen molar-refractivity contribution < 1.29 is 0 Å². The number of nitrogens with zero attached hydrogens (tertiary/aromatic N) is 3. The van der Waals surface area contributed by atoms with Crippen molar-refractivity contribution in [1.82, 2.24) is 9.78 Å². The number of aromatic nitrogens is 2. The van der Waals surface area contributed by atoms with E-state index in [0.717, 1.165) is 9.26 Å². The summed E-state index contributed by atoms with van der Waals surface area (Å²) in [6.07, 6.45) is 1.76. The molecule has 0 spiro atoms. The predicted molar refractivity (Wildman–Crippen MR) is 45.3 cm³/mol. The second kappa shape index (κ2) is 3.01. The van der Waals surface area contributed by atoms with Gasteiger partial charge in [-0.3, -0.25) is 4.68 Å². The van der Waals surface area contributed by atoms with Crippen molar-refractivity contribution in [2.75, 3.05) is 0 Å². The molecule has 52 valence electrons. The van der Waals surface area contributed by atoms with Gasteiger partial charge in [0.1, 0.15) is 6.54 Å². The van der Waals surface area contributed by atoms with Crippen LogP contribution in [0.3, 0.4) is 0 Å². The summed E-state index contributed by atoms with van der Waals surface area (Å²) in [5.74, 6) is 0. The van der Waals surface area contributed by atoms with E-state index < -0.39 is 0 Å². The van der Waals surface area contributed by atoms with Crippen LogP contribution in [0.25, 0.3) is 0 Å². The summed E-state index contributed by atoms with van der Waals surface area (Å²) in [4.78, 5) is 0. The van der Waals surface area contributed by atoms with Gasteiger partial charge in [0.05, 0.1) is 15.8 Å². The maximum Gasteiger partial charge on any atom is 0.128 e. The first-order valence-corrected chi connectivity index (χ1v) is 3.88. The highest BCUT2D eigenvalue weighted by Gasteiger charge is 2.00. The summed E-state index contributed by atoms with van der Waals surface area (Å²) in [5, 5.41) is 12.3. The van der Waals surface area contributed by atoms with Crippen LogP contribution in [0, 0.1) is 21.8 Å². The van der Waals surface area contributed by atoms with E-state index in [1.165, 1.54) is 0 Å². The third kappa shape index (κ3) is 1.29. The highest BCUT2D eigenvalue weighted by atomic mass is 127. The molecule has 0 N–H and O–H groups in total. The molecule has 1 rings (SSSR count). The van der Waals surface area contributed by atoms with E-state index in [-0.39, 0.29) is 0 Å². The Labute approximate surface area is 72.8 Å². The molecule has 0 unspecified atom stereocenters. The van der Waals surface area contributed by atoms with Gasteiger partial charge in [0.25, 0.3) is 0 Å². The highest BCUT2D eigenvalue weighted by Crippen LogP contribution is 2.08. The van der Waals surface area contributed by atoms with Crippen LogP contribution in [0.4, 0.5) is 0 Å². The van der Waals surface area contributed by atoms with E-state index in [0.29, 0.717) is 6.54 Å². The monoisotopic (exact) mass is 247 g/mol. The summed E-state index contributed by atoms with van der Waals surface area (Å²) >= 11 is 2.19. The molecular weight excluding hydrogens is 241 g/mol.